The average molecular weight is 629 g/mol. The second-order valence-electron chi connectivity index (χ2n) is 9.33. The minimum Gasteiger partial charge on any atom is -0.493 e. The summed E-state index contributed by atoms with van der Waals surface area (Å²) in [4.78, 5) is 17.3. The molecule has 0 bridgehead atoms. The number of sulfonamides is 2. The highest BCUT2D eigenvalue weighted by molar-refractivity contribution is 7.92. The number of hydrogen-bond donors (Lipinski definition) is 2. The van der Waals surface area contributed by atoms with Crippen LogP contribution in [-0.4, -0.2) is 62.8 Å². The van der Waals surface area contributed by atoms with Crippen molar-refractivity contribution in [3.8, 4) is 34.6 Å². The van der Waals surface area contributed by atoms with Gasteiger partial charge in [0.2, 0.25) is 15.8 Å². The highest BCUT2D eigenvalue weighted by Crippen LogP contribution is 2.41. The lowest BCUT2D eigenvalue weighted by molar-refractivity contribution is 0.292. The molecule has 2 N–H and O–H groups in total. The molecule has 1 aromatic carbocycles. The van der Waals surface area contributed by atoms with E-state index >= 15 is 0 Å². The maximum Gasteiger partial charge on any atom is 0.280 e. The third kappa shape index (κ3) is 8.15. The summed E-state index contributed by atoms with van der Waals surface area (Å²) in [6, 6.07) is 14.8. The smallest absolute Gasteiger partial charge is 0.280 e. The SMILES string of the molecule is CCS(=O)(=O)NCCOc1nc(-c2ccccn2)nc(NS(=O)(=O)c2ccc(C(C)C)cn2)c1Oc1ccccc1OC. The lowest BCUT2D eigenvalue weighted by Crippen LogP contribution is -2.29. The molecule has 0 radical (unpaired) electrons. The number of rotatable bonds is 14. The molecule has 0 unspecified atom stereocenters. The molecule has 0 aliphatic carbocycles. The molecule has 3 aromatic heterocycles. The van der Waals surface area contributed by atoms with Crippen LogP contribution < -0.4 is 23.7 Å². The predicted octanol–water partition coefficient (Wildman–Crippen LogP) is 3.98. The maximum atomic E-state index is 13.5. The van der Waals surface area contributed by atoms with Gasteiger partial charge in [-0.25, -0.2) is 23.1 Å². The zero-order valence-electron chi connectivity index (χ0n) is 24.0. The molecule has 228 valence electrons. The van der Waals surface area contributed by atoms with Crippen molar-refractivity contribution >= 4 is 25.9 Å². The first-order valence-corrected chi connectivity index (χ1v) is 16.4. The Labute approximate surface area is 250 Å². The molecule has 13 nitrogen and oxygen atoms in total. The fourth-order valence-electron chi connectivity index (χ4n) is 3.63. The van der Waals surface area contributed by atoms with E-state index in [1.54, 1.807) is 48.5 Å². The molecule has 43 heavy (non-hydrogen) atoms. The van der Waals surface area contributed by atoms with Crippen molar-refractivity contribution in [3.05, 3.63) is 72.6 Å². The Bertz CT molecular complexity index is 1750. The van der Waals surface area contributed by atoms with Crippen LogP contribution in [-0.2, 0) is 20.0 Å². The molecule has 0 amide bonds. The molecular weight excluding hydrogens is 596 g/mol. The number of aromatic nitrogens is 4. The van der Waals surface area contributed by atoms with Crippen LogP contribution in [0, 0.1) is 0 Å². The molecule has 0 fully saturated rings. The van der Waals surface area contributed by atoms with E-state index in [1.165, 1.54) is 32.5 Å². The lowest BCUT2D eigenvalue weighted by atomic mass is 10.1. The number of pyridine rings is 2. The van der Waals surface area contributed by atoms with Crippen molar-refractivity contribution in [2.75, 3.05) is 30.7 Å². The van der Waals surface area contributed by atoms with E-state index in [0.717, 1.165) is 5.56 Å². The largest absolute Gasteiger partial charge is 0.493 e. The Morgan fingerprint density at radius 2 is 1.65 bits per heavy atom. The molecular formula is C28H32N6O7S2. The summed E-state index contributed by atoms with van der Waals surface area (Å²) in [5.74, 6) is 0.0157. The van der Waals surface area contributed by atoms with E-state index in [-0.39, 0.29) is 58.9 Å². The first-order valence-electron chi connectivity index (χ1n) is 13.3. The molecule has 15 heteroatoms. The van der Waals surface area contributed by atoms with Crippen molar-refractivity contribution in [1.82, 2.24) is 24.7 Å². The van der Waals surface area contributed by atoms with E-state index < -0.39 is 20.0 Å². The molecule has 0 aliphatic rings. The van der Waals surface area contributed by atoms with Gasteiger partial charge in [-0.3, -0.25) is 9.71 Å². The summed E-state index contributed by atoms with van der Waals surface area (Å²) in [5, 5.41) is -0.241. The first kappa shape index (κ1) is 31.6. The number of nitrogens with one attached hydrogen (secondary N) is 2. The van der Waals surface area contributed by atoms with Crippen molar-refractivity contribution in [2.45, 2.75) is 31.7 Å². The van der Waals surface area contributed by atoms with Crippen LogP contribution >= 0.6 is 0 Å². The Morgan fingerprint density at radius 3 is 2.28 bits per heavy atom. The third-order valence-corrected chi connectivity index (χ3v) is 8.64. The Hall–Kier alpha value is -4.34. The second kappa shape index (κ2) is 13.8. The minimum atomic E-state index is -4.28. The van der Waals surface area contributed by atoms with Crippen LogP contribution in [0.15, 0.2) is 72.0 Å². The first-order chi connectivity index (χ1) is 20.5. The molecule has 3 heterocycles. The van der Waals surface area contributed by atoms with Crippen LogP contribution in [0.25, 0.3) is 11.5 Å². The molecule has 0 saturated heterocycles. The molecule has 4 aromatic rings. The fourth-order valence-corrected chi connectivity index (χ4v) is 5.16. The van der Waals surface area contributed by atoms with Crippen LogP contribution in [0.2, 0.25) is 0 Å². The topological polar surface area (TPSA) is 172 Å². The van der Waals surface area contributed by atoms with Crippen molar-refractivity contribution in [2.24, 2.45) is 0 Å². The van der Waals surface area contributed by atoms with Crippen molar-refractivity contribution in [3.63, 3.8) is 0 Å². The quantitative estimate of drug-likeness (QED) is 0.194. The van der Waals surface area contributed by atoms with Crippen molar-refractivity contribution in [1.29, 1.82) is 0 Å². The number of para-hydroxylation sites is 2. The van der Waals surface area contributed by atoms with Gasteiger partial charge < -0.3 is 14.2 Å². The van der Waals surface area contributed by atoms with E-state index in [9.17, 15) is 16.8 Å². The minimum absolute atomic E-state index is 0.0259. The number of methoxy groups -OCH3 is 1. The van der Waals surface area contributed by atoms with Gasteiger partial charge in [0.1, 0.15) is 12.3 Å². The monoisotopic (exact) mass is 628 g/mol. The highest BCUT2D eigenvalue weighted by Gasteiger charge is 2.26. The Kier molecular flexibility index (Phi) is 10.1. The lowest BCUT2D eigenvalue weighted by Gasteiger charge is -2.18. The third-order valence-electron chi connectivity index (χ3n) is 5.98. The van der Waals surface area contributed by atoms with E-state index in [2.05, 4.69) is 29.4 Å². The number of nitrogens with zero attached hydrogens (tertiary/aromatic N) is 4. The summed E-state index contributed by atoms with van der Waals surface area (Å²) in [5.41, 5.74) is 1.19. The predicted molar refractivity (Wildman–Crippen MR) is 160 cm³/mol. The molecule has 0 aliphatic heterocycles. The van der Waals surface area contributed by atoms with Crippen LogP contribution in [0.3, 0.4) is 0 Å². The zero-order valence-corrected chi connectivity index (χ0v) is 25.6. The molecule has 4 rings (SSSR count). The van der Waals surface area contributed by atoms with Gasteiger partial charge in [0.25, 0.3) is 15.9 Å². The molecule has 0 spiro atoms. The number of hydrogen-bond acceptors (Lipinski definition) is 11. The standard InChI is InChI=1S/C28H32N6O7S2/c1-5-42(35,36)31-16-17-40-28-25(41-23-12-7-6-11-22(23)39-4)27(32-26(33-28)21-10-8-9-15-29-21)34-43(37,38)24-14-13-20(18-30-24)19(2)3/h6-15,18-19,31H,5,16-17H2,1-4H3,(H,32,33,34). The summed E-state index contributed by atoms with van der Waals surface area (Å²) in [6.45, 7) is 5.21. The van der Waals surface area contributed by atoms with Gasteiger partial charge in [0.15, 0.2) is 28.2 Å². The normalized spacial score (nSPS) is 11.7. The summed E-state index contributed by atoms with van der Waals surface area (Å²) < 4.78 is 73.1. The van der Waals surface area contributed by atoms with Gasteiger partial charge in [-0.15, -0.1) is 0 Å². The van der Waals surface area contributed by atoms with E-state index in [0.29, 0.717) is 11.4 Å². The summed E-state index contributed by atoms with van der Waals surface area (Å²) >= 11 is 0. The summed E-state index contributed by atoms with van der Waals surface area (Å²) in [7, 11) is -6.31. The number of benzene rings is 1. The Balaban J connectivity index is 1.82. The van der Waals surface area contributed by atoms with Gasteiger partial charge in [-0.05, 0) is 48.7 Å². The highest BCUT2D eigenvalue weighted by atomic mass is 32.2. The fraction of sp³-hybridized carbons (Fsp3) is 0.286. The number of anilines is 1. The van der Waals surface area contributed by atoms with Gasteiger partial charge >= 0.3 is 0 Å². The van der Waals surface area contributed by atoms with Crippen LogP contribution in [0.1, 0.15) is 32.3 Å². The van der Waals surface area contributed by atoms with Gasteiger partial charge in [-0.1, -0.05) is 38.1 Å². The van der Waals surface area contributed by atoms with Gasteiger partial charge in [-0.2, -0.15) is 13.4 Å². The molecule has 0 atom stereocenters. The number of ether oxygens (including phenoxy) is 3. The second-order valence-corrected chi connectivity index (χ2v) is 13.1. The van der Waals surface area contributed by atoms with Crippen LogP contribution in [0.5, 0.6) is 23.1 Å². The van der Waals surface area contributed by atoms with E-state index in [1.807, 2.05) is 13.8 Å². The van der Waals surface area contributed by atoms with Gasteiger partial charge in [0.05, 0.1) is 12.9 Å². The maximum absolute atomic E-state index is 13.5. The van der Waals surface area contributed by atoms with E-state index in [4.69, 9.17) is 14.2 Å². The van der Waals surface area contributed by atoms with Gasteiger partial charge in [0, 0.05) is 18.9 Å². The zero-order chi connectivity index (χ0) is 31.0. The average Bonchev–Trinajstić information content (AvgIpc) is 3.01. The van der Waals surface area contributed by atoms with Crippen LogP contribution in [0.4, 0.5) is 5.82 Å². The molecule has 0 saturated carbocycles. The van der Waals surface area contributed by atoms with Crippen molar-refractivity contribution < 1.29 is 31.0 Å². The Morgan fingerprint density at radius 1 is 0.907 bits per heavy atom. The summed E-state index contributed by atoms with van der Waals surface area (Å²) in [6.07, 6.45) is 3.03.